The minimum absolute atomic E-state index is 0.00909. The first-order valence-corrected chi connectivity index (χ1v) is 10.0. The molecule has 3 rings (SSSR count). The molecule has 10 heteroatoms. The lowest BCUT2D eigenvalue weighted by molar-refractivity contribution is -0.145. The third kappa shape index (κ3) is 4.10. The fraction of sp³-hybridized carbons (Fsp3) is 0.111. The van der Waals surface area contributed by atoms with Crippen molar-refractivity contribution in [1.29, 1.82) is 0 Å². The van der Waals surface area contributed by atoms with Crippen LogP contribution in [-0.2, 0) is 16.0 Å². The van der Waals surface area contributed by atoms with Crippen LogP contribution in [0.15, 0.2) is 58.2 Å². The number of nitrogens with zero attached hydrogens (tertiary/aromatic N) is 1. The van der Waals surface area contributed by atoms with Crippen LogP contribution in [0, 0.1) is 0 Å². The Morgan fingerprint density at radius 3 is 2.00 bits per heavy atom. The topological polar surface area (TPSA) is 79.9 Å². The van der Waals surface area contributed by atoms with Crippen LogP contribution < -0.4 is 5.56 Å². The molecule has 0 unspecified atom stereocenters. The summed E-state index contributed by atoms with van der Waals surface area (Å²) in [7, 11) is -3.49. The Hall–Kier alpha value is -2.65. The van der Waals surface area contributed by atoms with E-state index in [9.17, 15) is 26.4 Å². The predicted molar refractivity (Wildman–Crippen MR) is 98.9 cm³/mol. The van der Waals surface area contributed by atoms with E-state index in [-0.39, 0.29) is 21.7 Å². The van der Waals surface area contributed by atoms with Gasteiger partial charge in [0.25, 0.3) is 5.56 Å². The van der Waals surface area contributed by atoms with Crippen molar-refractivity contribution in [3.63, 3.8) is 0 Å². The highest BCUT2D eigenvalue weighted by molar-refractivity contribution is 7.90. The van der Waals surface area contributed by atoms with Crippen LogP contribution in [0.2, 0.25) is 5.02 Å². The Morgan fingerprint density at radius 1 is 0.964 bits per heavy atom. The number of H-pyrrole nitrogens is 1. The maximum atomic E-state index is 13.1. The van der Waals surface area contributed by atoms with Gasteiger partial charge >= 0.3 is 6.18 Å². The fourth-order valence-corrected chi connectivity index (χ4v) is 3.32. The zero-order valence-corrected chi connectivity index (χ0v) is 15.8. The largest absolute Gasteiger partial charge is 0.449 e. The fourth-order valence-electron chi connectivity index (χ4n) is 2.56. The summed E-state index contributed by atoms with van der Waals surface area (Å²) in [5.41, 5.74) is -0.815. The summed E-state index contributed by atoms with van der Waals surface area (Å²) in [6.07, 6.45) is -3.85. The van der Waals surface area contributed by atoms with Crippen molar-refractivity contribution in [3.05, 3.63) is 69.7 Å². The summed E-state index contributed by atoms with van der Waals surface area (Å²) < 4.78 is 62.6. The van der Waals surface area contributed by atoms with Gasteiger partial charge in [0, 0.05) is 16.8 Å². The molecule has 1 aromatic heterocycles. The summed E-state index contributed by atoms with van der Waals surface area (Å²) >= 11 is 5.83. The summed E-state index contributed by atoms with van der Waals surface area (Å²) in [6, 6.07) is 11.0. The second-order valence-electron chi connectivity index (χ2n) is 5.94. The first kappa shape index (κ1) is 20.1. The minimum Gasteiger partial charge on any atom is -0.302 e. The third-order valence-electron chi connectivity index (χ3n) is 3.88. The van der Waals surface area contributed by atoms with Gasteiger partial charge in [-0.25, -0.2) is 13.4 Å². The Kier molecular flexibility index (Phi) is 5.07. The average Bonchev–Trinajstić information content (AvgIpc) is 2.61. The van der Waals surface area contributed by atoms with Gasteiger partial charge in [-0.05, 0) is 29.8 Å². The number of nitrogens with one attached hydrogen (secondary N) is 1. The number of sulfone groups is 1. The molecule has 0 bridgehead atoms. The molecule has 0 atom stereocenters. The number of hydrogen-bond donors (Lipinski definition) is 1. The number of aromatic nitrogens is 2. The third-order valence-corrected chi connectivity index (χ3v) is 5.26. The van der Waals surface area contributed by atoms with E-state index in [0.717, 1.165) is 6.26 Å². The molecule has 1 N–H and O–H groups in total. The first-order chi connectivity index (χ1) is 13.0. The number of benzene rings is 2. The molecule has 0 aliphatic heterocycles. The summed E-state index contributed by atoms with van der Waals surface area (Å²) in [6.45, 7) is 0. The second kappa shape index (κ2) is 7.06. The van der Waals surface area contributed by atoms with Crippen molar-refractivity contribution in [1.82, 2.24) is 9.97 Å². The SMILES string of the molecule is CS(=O)(=O)c1ccc(-c2nc(C(F)(F)F)[nH]c(=O)c2-c2ccc(Cl)cc2)cc1. The van der Waals surface area contributed by atoms with Crippen LogP contribution >= 0.6 is 11.6 Å². The molecule has 3 aromatic rings. The molecule has 28 heavy (non-hydrogen) atoms. The number of hydrogen-bond acceptors (Lipinski definition) is 4. The molecule has 0 aliphatic rings. The van der Waals surface area contributed by atoms with Gasteiger partial charge in [-0.2, -0.15) is 13.2 Å². The summed E-state index contributed by atoms with van der Waals surface area (Å²) in [4.78, 5) is 17.8. The molecule has 5 nitrogen and oxygen atoms in total. The minimum atomic E-state index is -4.86. The van der Waals surface area contributed by atoms with Crippen molar-refractivity contribution in [2.45, 2.75) is 11.1 Å². The molecule has 0 aliphatic carbocycles. The standard InChI is InChI=1S/C18H12ClF3N2O3S/c1-28(26,27)13-8-4-11(5-9-13)15-14(10-2-6-12(19)7-3-10)16(25)24-17(23-15)18(20,21)22/h2-9H,1H3,(H,23,24,25). The Bertz CT molecular complexity index is 1190. The normalized spacial score (nSPS) is 12.2. The lowest BCUT2D eigenvalue weighted by atomic mass is 10.0. The van der Waals surface area contributed by atoms with E-state index in [2.05, 4.69) is 4.98 Å². The van der Waals surface area contributed by atoms with Gasteiger partial charge in [0.15, 0.2) is 9.84 Å². The molecule has 0 saturated heterocycles. The van der Waals surface area contributed by atoms with Crippen molar-refractivity contribution in [2.24, 2.45) is 0 Å². The number of rotatable bonds is 3. The molecule has 0 fully saturated rings. The lowest BCUT2D eigenvalue weighted by Crippen LogP contribution is -2.21. The van der Waals surface area contributed by atoms with E-state index in [1.54, 1.807) is 4.98 Å². The van der Waals surface area contributed by atoms with Crippen molar-refractivity contribution < 1.29 is 21.6 Å². The van der Waals surface area contributed by atoms with E-state index in [4.69, 9.17) is 11.6 Å². The van der Waals surface area contributed by atoms with E-state index in [1.807, 2.05) is 0 Å². The van der Waals surface area contributed by atoms with Gasteiger partial charge in [0.05, 0.1) is 16.2 Å². The molecule has 1 heterocycles. The monoisotopic (exact) mass is 428 g/mol. The lowest BCUT2D eigenvalue weighted by Gasteiger charge is -2.13. The Labute approximate surface area is 162 Å². The van der Waals surface area contributed by atoms with E-state index >= 15 is 0 Å². The molecular weight excluding hydrogens is 417 g/mol. The average molecular weight is 429 g/mol. The van der Waals surface area contributed by atoms with E-state index < -0.39 is 27.4 Å². The molecule has 0 saturated carbocycles. The Morgan fingerprint density at radius 2 is 1.50 bits per heavy atom. The maximum Gasteiger partial charge on any atom is 0.449 e. The quantitative estimate of drug-likeness (QED) is 0.678. The van der Waals surface area contributed by atoms with Gasteiger partial charge in [-0.15, -0.1) is 0 Å². The number of alkyl halides is 3. The van der Waals surface area contributed by atoms with Crippen molar-refractivity contribution >= 4 is 21.4 Å². The van der Waals surface area contributed by atoms with Crippen LogP contribution in [0.4, 0.5) is 13.2 Å². The predicted octanol–water partition coefficient (Wildman–Crippen LogP) is 4.18. The van der Waals surface area contributed by atoms with Gasteiger partial charge < -0.3 is 4.98 Å². The molecule has 146 valence electrons. The highest BCUT2D eigenvalue weighted by Crippen LogP contribution is 2.32. The number of aromatic amines is 1. The van der Waals surface area contributed by atoms with Crippen molar-refractivity contribution in [3.8, 4) is 22.4 Å². The summed E-state index contributed by atoms with van der Waals surface area (Å²) in [5, 5.41) is 0.388. The molecule has 2 aromatic carbocycles. The van der Waals surface area contributed by atoms with Gasteiger partial charge in [-0.3, -0.25) is 4.79 Å². The molecule has 0 amide bonds. The van der Waals surface area contributed by atoms with Gasteiger partial charge in [0.1, 0.15) is 0 Å². The van der Waals surface area contributed by atoms with Crippen molar-refractivity contribution in [2.75, 3.05) is 6.26 Å². The zero-order chi connectivity index (χ0) is 20.7. The van der Waals surface area contributed by atoms with Gasteiger partial charge in [-0.1, -0.05) is 35.9 Å². The van der Waals surface area contributed by atoms with Crippen LogP contribution in [0.3, 0.4) is 0 Å². The Balaban J connectivity index is 2.29. The second-order valence-corrected chi connectivity index (χ2v) is 8.39. The van der Waals surface area contributed by atoms with E-state index in [0.29, 0.717) is 10.6 Å². The zero-order valence-electron chi connectivity index (χ0n) is 14.2. The van der Waals surface area contributed by atoms with Gasteiger partial charge in [0.2, 0.25) is 5.82 Å². The van der Waals surface area contributed by atoms with Crippen LogP contribution in [-0.4, -0.2) is 24.6 Å². The first-order valence-electron chi connectivity index (χ1n) is 7.75. The van der Waals surface area contributed by atoms with Crippen LogP contribution in [0.25, 0.3) is 22.4 Å². The van der Waals surface area contributed by atoms with E-state index in [1.165, 1.54) is 48.5 Å². The highest BCUT2D eigenvalue weighted by Gasteiger charge is 2.35. The molecular formula is C18H12ClF3N2O3S. The maximum absolute atomic E-state index is 13.1. The molecule has 0 spiro atoms. The summed E-state index contributed by atoms with van der Waals surface area (Å²) in [5.74, 6) is -1.45. The van der Waals surface area contributed by atoms with Crippen LogP contribution in [0.1, 0.15) is 5.82 Å². The molecule has 0 radical (unpaired) electrons. The smallest absolute Gasteiger partial charge is 0.302 e. The number of halogens is 4. The highest BCUT2D eigenvalue weighted by atomic mass is 35.5. The van der Waals surface area contributed by atoms with Crippen LogP contribution in [0.5, 0.6) is 0 Å².